The molecule has 0 unspecified atom stereocenters. The van der Waals surface area contributed by atoms with Gasteiger partial charge in [0.1, 0.15) is 23.1 Å². The Kier molecular flexibility index (Phi) is 6.07. The van der Waals surface area contributed by atoms with E-state index in [4.69, 9.17) is 4.74 Å². The molecule has 7 nitrogen and oxygen atoms in total. The van der Waals surface area contributed by atoms with Crippen LogP contribution >= 0.6 is 0 Å². The van der Waals surface area contributed by atoms with Crippen molar-refractivity contribution in [2.24, 2.45) is 5.92 Å². The van der Waals surface area contributed by atoms with Crippen molar-refractivity contribution in [3.8, 4) is 0 Å². The van der Waals surface area contributed by atoms with Gasteiger partial charge in [-0.2, -0.15) is 0 Å². The summed E-state index contributed by atoms with van der Waals surface area (Å²) in [6, 6.07) is 13.9. The Balaban J connectivity index is 2.26. The zero-order valence-electron chi connectivity index (χ0n) is 16.6. The maximum absolute atomic E-state index is 12.9. The zero-order chi connectivity index (χ0) is 21.0. The molecule has 0 bridgehead atoms. The van der Waals surface area contributed by atoms with E-state index in [1.807, 2.05) is 44.2 Å². The minimum atomic E-state index is -0.725. The molecule has 0 saturated carbocycles. The van der Waals surface area contributed by atoms with Crippen molar-refractivity contribution in [2.75, 3.05) is 12.0 Å². The van der Waals surface area contributed by atoms with Crippen molar-refractivity contribution >= 4 is 23.7 Å². The summed E-state index contributed by atoms with van der Waals surface area (Å²) in [6.45, 7) is 4.05. The molecule has 0 fully saturated rings. The highest BCUT2D eigenvalue weighted by molar-refractivity contribution is 5.87. The molecule has 150 valence electrons. The monoisotopic (exact) mass is 393 g/mol. The Morgan fingerprint density at radius 2 is 1.86 bits per heavy atom. The number of nitrogens with zero attached hydrogens (tertiary/aromatic N) is 3. The highest BCUT2D eigenvalue weighted by Crippen LogP contribution is 2.25. The number of methoxy groups -OCH3 is 1. The standard InChI is InChI=1S/C22H23N3O4/c1-15(2)19(22(28)29-3)25(13-16-9-5-4-6-10-16)20-17(14-26)21(27)24-12-8-7-11-18(24)23-20/h4-12,14-15,19H,13H2,1-3H3/t19-/m0/s1. The summed E-state index contributed by atoms with van der Waals surface area (Å²) >= 11 is 0. The van der Waals surface area contributed by atoms with Crippen LogP contribution in [0.5, 0.6) is 0 Å². The topological polar surface area (TPSA) is 81.0 Å². The summed E-state index contributed by atoms with van der Waals surface area (Å²) in [5.41, 5.74) is 0.725. The number of hydrogen-bond donors (Lipinski definition) is 0. The van der Waals surface area contributed by atoms with Crippen LogP contribution in [-0.4, -0.2) is 34.8 Å². The second-order valence-corrected chi connectivity index (χ2v) is 7.03. The third kappa shape index (κ3) is 4.03. The lowest BCUT2D eigenvalue weighted by Crippen LogP contribution is -2.47. The lowest BCUT2D eigenvalue weighted by atomic mass is 10.0. The van der Waals surface area contributed by atoms with Gasteiger partial charge in [0.25, 0.3) is 5.56 Å². The van der Waals surface area contributed by atoms with Gasteiger partial charge in [0, 0.05) is 12.7 Å². The van der Waals surface area contributed by atoms with Crippen LogP contribution in [0.1, 0.15) is 29.8 Å². The van der Waals surface area contributed by atoms with E-state index in [0.29, 0.717) is 11.9 Å². The number of aldehydes is 1. The molecule has 1 atom stereocenters. The van der Waals surface area contributed by atoms with Crippen molar-refractivity contribution in [3.05, 3.63) is 76.2 Å². The lowest BCUT2D eigenvalue weighted by molar-refractivity contribution is -0.143. The van der Waals surface area contributed by atoms with Crippen molar-refractivity contribution in [3.63, 3.8) is 0 Å². The van der Waals surface area contributed by atoms with Crippen LogP contribution < -0.4 is 10.5 Å². The third-order valence-corrected chi connectivity index (χ3v) is 4.74. The predicted molar refractivity (Wildman–Crippen MR) is 110 cm³/mol. The van der Waals surface area contributed by atoms with Gasteiger partial charge in [0.15, 0.2) is 6.29 Å². The highest BCUT2D eigenvalue weighted by Gasteiger charge is 2.33. The molecule has 0 aliphatic heterocycles. The van der Waals surface area contributed by atoms with Gasteiger partial charge in [-0.25, -0.2) is 9.78 Å². The number of carbonyl (C=O) groups is 2. The molecule has 0 aliphatic rings. The maximum Gasteiger partial charge on any atom is 0.328 e. The van der Waals surface area contributed by atoms with Crippen molar-refractivity contribution in [1.29, 1.82) is 0 Å². The summed E-state index contributed by atoms with van der Waals surface area (Å²) in [4.78, 5) is 43.7. The number of rotatable bonds is 7. The van der Waals surface area contributed by atoms with Crippen molar-refractivity contribution in [2.45, 2.75) is 26.4 Å². The fourth-order valence-electron chi connectivity index (χ4n) is 3.38. The van der Waals surface area contributed by atoms with Gasteiger partial charge in [-0.1, -0.05) is 50.2 Å². The van der Waals surface area contributed by atoms with E-state index >= 15 is 0 Å². The van der Waals surface area contributed by atoms with Crippen LogP contribution in [0.4, 0.5) is 5.82 Å². The number of fused-ring (bicyclic) bond motifs is 1. The van der Waals surface area contributed by atoms with Gasteiger partial charge in [-0.15, -0.1) is 0 Å². The average Bonchev–Trinajstić information content (AvgIpc) is 2.73. The molecule has 3 rings (SSSR count). The maximum atomic E-state index is 12.9. The minimum absolute atomic E-state index is 0.0980. The predicted octanol–water partition coefficient (Wildman–Crippen LogP) is 2.71. The van der Waals surface area contributed by atoms with Crippen molar-refractivity contribution in [1.82, 2.24) is 9.38 Å². The Labute approximate surface area is 168 Å². The van der Waals surface area contributed by atoms with Gasteiger partial charge in [0.05, 0.1) is 7.11 Å². The van der Waals surface area contributed by atoms with Crippen LogP contribution in [0.3, 0.4) is 0 Å². The minimum Gasteiger partial charge on any atom is -0.467 e. The summed E-state index contributed by atoms with van der Waals surface area (Å²) in [6.07, 6.45) is 2.06. The van der Waals surface area contributed by atoms with E-state index < -0.39 is 17.6 Å². The van der Waals surface area contributed by atoms with E-state index in [9.17, 15) is 14.4 Å². The molecule has 0 radical (unpaired) electrons. The van der Waals surface area contributed by atoms with E-state index in [-0.39, 0.29) is 23.8 Å². The molecule has 2 aromatic heterocycles. The number of anilines is 1. The average molecular weight is 393 g/mol. The fraction of sp³-hybridized carbons (Fsp3) is 0.273. The second-order valence-electron chi connectivity index (χ2n) is 7.03. The van der Waals surface area contributed by atoms with E-state index in [2.05, 4.69) is 4.98 Å². The molecule has 0 saturated heterocycles. The molecule has 1 aromatic carbocycles. The van der Waals surface area contributed by atoms with Crippen LogP contribution in [0.25, 0.3) is 5.65 Å². The molecular formula is C22H23N3O4. The van der Waals surface area contributed by atoms with Crippen LogP contribution in [0.2, 0.25) is 0 Å². The smallest absolute Gasteiger partial charge is 0.328 e. The number of aromatic nitrogens is 2. The van der Waals surface area contributed by atoms with Gasteiger partial charge >= 0.3 is 5.97 Å². The van der Waals surface area contributed by atoms with E-state index in [0.717, 1.165) is 5.56 Å². The molecule has 3 aromatic rings. The molecule has 29 heavy (non-hydrogen) atoms. The number of hydrogen-bond acceptors (Lipinski definition) is 6. The van der Waals surface area contributed by atoms with Gasteiger partial charge < -0.3 is 9.64 Å². The first-order valence-electron chi connectivity index (χ1n) is 9.33. The molecule has 0 aliphatic carbocycles. The Morgan fingerprint density at radius 3 is 2.48 bits per heavy atom. The van der Waals surface area contributed by atoms with Crippen LogP contribution in [0, 0.1) is 5.92 Å². The first kappa shape index (κ1) is 20.3. The Bertz CT molecular complexity index is 1080. The number of ether oxygens (including phenoxy) is 1. The zero-order valence-corrected chi connectivity index (χ0v) is 16.6. The molecule has 0 N–H and O–H groups in total. The molecule has 2 heterocycles. The summed E-state index contributed by atoms with van der Waals surface area (Å²) in [5, 5.41) is 0. The van der Waals surface area contributed by atoms with E-state index in [1.165, 1.54) is 11.5 Å². The van der Waals surface area contributed by atoms with Gasteiger partial charge in [-0.3, -0.25) is 14.0 Å². The number of esters is 1. The van der Waals surface area contributed by atoms with Gasteiger partial charge in [-0.05, 0) is 23.6 Å². The highest BCUT2D eigenvalue weighted by atomic mass is 16.5. The lowest BCUT2D eigenvalue weighted by Gasteiger charge is -2.34. The van der Waals surface area contributed by atoms with E-state index in [1.54, 1.807) is 29.3 Å². The molecule has 7 heteroatoms. The number of carbonyl (C=O) groups excluding carboxylic acids is 2. The largest absolute Gasteiger partial charge is 0.467 e. The first-order chi connectivity index (χ1) is 14.0. The molecule has 0 spiro atoms. The Morgan fingerprint density at radius 1 is 1.17 bits per heavy atom. The number of pyridine rings is 1. The fourth-order valence-corrected chi connectivity index (χ4v) is 3.38. The summed E-state index contributed by atoms with van der Waals surface area (Å²) < 4.78 is 6.34. The van der Waals surface area contributed by atoms with Gasteiger partial charge in [0.2, 0.25) is 0 Å². The third-order valence-electron chi connectivity index (χ3n) is 4.74. The first-order valence-corrected chi connectivity index (χ1v) is 9.33. The summed E-state index contributed by atoms with van der Waals surface area (Å²) in [5.74, 6) is -0.436. The van der Waals surface area contributed by atoms with Crippen LogP contribution in [0.15, 0.2) is 59.5 Å². The number of benzene rings is 1. The normalized spacial score (nSPS) is 12.0. The van der Waals surface area contributed by atoms with Crippen molar-refractivity contribution < 1.29 is 14.3 Å². The van der Waals surface area contributed by atoms with Crippen LogP contribution in [-0.2, 0) is 16.1 Å². The molecular weight excluding hydrogens is 370 g/mol. The second kappa shape index (κ2) is 8.68. The molecule has 0 amide bonds. The summed E-state index contributed by atoms with van der Waals surface area (Å²) in [7, 11) is 1.32. The Hall–Kier alpha value is -3.48. The quantitative estimate of drug-likeness (QED) is 0.454. The SMILES string of the molecule is COC(=O)[C@H](C(C)C)N(Cc1ccccc1)c1nc2ccccn2c(=O)c1C=O.